The van der Waals surface area contributed by atoms with Gasteiger partial charge in [0.05, 0.1) is 5.69 Å². The predicted octanol–water partition coefficient (Wildman–Crippen LogP) is 3.13. The largest absolute Gasteiger partial charge is 0.303 e. The van der Waals surface area contributed by atoms with Crippen LogP contribution in [0.25, 0.3) is 11.3 Å². The zero-order valence-electron chi connectivity index (χ0n) is 13.9. The van der Waals surface area contributed by atoms with Gasteiger partial charge in [0.1, 0.15) is 0 Å². The summed E-state index contributed by atoms with van der Waals surface area (Å²) >= 11 is 0. The first-order valence-electron chi connectivity index (χ1n) is 7.94. The van der Waals surface area contributed by atoms with Crippen molar-refractivity contribution in [1.82, 2.24) is 25.4 Å². The summed E-state index contributed by atoms with van der Waals surface area (Å²) in [5.41, 5.74) is 4.11. The van der Waals surface area contributed by atoms with Crippen LogP contribution in [0.3, 0.4) is 0 Å². The minimum absolute atomic E-state index is 0.277. The highest BCUT2D eigenvalue weighted by molar-refractivity contribution is 6.03. The van der Waals surface area contributed by atoms with Crippen LogP contribution < -0.4 is 5.32 Å². The van der Waals surface area contributed by atoms with Crippen LogP contribution in [0.5, 0.6) is 0 Å². The molecule has 3 aromatic rings. The predicted molar refractivity (Wildman–Crippen MR) is 91.8 cm³/mol. The molecular weight excluding hydrogens is 304 g/mol. The first kappa shape index (κ1) is 15.9. The molecule has 0 saturated heterocycles. The average Bonchev–Trinajstić information content (AvgIpc) is 3.22. The minimum atomic E-state index is -0.277. The maximum Gasteiger partial charge on any atom is 0.277 e. The number of carbonyl (C=O) groups excluding carboxylic acids is 1. The Morgan fingerprint density at radius 3 is 2.58 bits per heavy atom. The van der Waals surface area contributed by atoms with Crippen molar-refractivity contribution in [1.29, 1.82) is 0 Å². The van der Waals surface area contributed by atoms with E-state index in [-0.39, 0.29) is 11.8 Å². The molecule has 0 fully saturated rings. The summed E-state index contributed by atoms with van der Waals surface area (Å²) in [4.78, 5) is 16.4. The molecule has 0 unspecified atom stereocenters. The van der Waals surface area contributed by atoms with Crippen LogP contribution in [0.1, 0.15) is 48.4 Å². The summed E-state index contributed by atoms with van der Waals surface area (Å²) in [5, 5.41) is 17.1. The quantitative estimate of drug-likeness (QED) is 0.671. The number of pyridine rings is 1. The van der Waals surface area contributed by atoms with Crippen LogP contribution in [0.2, 0.25) is 0 Å². The van der Waals surface area contributed by atoms with Gasteiger partial charge in [-0.15, -0.1) is 0 Å². The molecular formula is C17H20N6O. The first-order chi connectivity index (χ1) is 11.6. The molecule has 1 amide bonds. The third-order valence-corrected chi connectivity index (χ3v) is 3.87. The Bertz CT molecular complexity index is 834. The van der Waals surface area contributed by atoms with Crippen LogP contribution in [0.4, 0.5) is 5.82 Å². The van der Waals surface area contributed by atoms with E-state index in [0.717, 1.165) is 28.9 Å². The molecule has 24 heavy (non-hydrogen) atoms. The summed E-state index contributed by atoms with van der Waals surface area (Å²) in [6.07, 6.45) is 4.19. The van der Waals surface area contributed by atoms with Crippen molar-refractivity contribution >= 4 is 11.7 Å². The van der Waals surface area contributed by atoms with Crippen molar-refractivity contribution in [2.45, 2.75) is 33.1 Å². The number of hydrogen-bond donors (Lipinski definition) is 3. The maximum absolute atomic E-state index is 12.4. The van der Waals surface area contributed by atoms with Crippen molar-refractivity contribution in [3.8, 4) is 11.3 Å². The van der Waals surface area contributed by atoms with Gasteiger partial charge in [0.25, 0.3) is 5.91 Å². The molecule has 0 radical (unpaired) electrons. The Kier molecular flexibility index (Phi) is 4.41. The Morgan fingerprint density at radius 1 is 1.21 bits per heavy atom. The van der Waals surface area contributed by atoms with Crippen molar-refractivity contribution in [3.05, 3.63) is 47.5 Å². The van der Waals surface area contributed by atoms with Gasteiger partial charge >= 0.3 is 0 Å². The van der Waals surface area contributed by atoms with Crippen molar-refractivity contribution in [3.63, 3.8) is 0 Å². The lowest BCUT2D eigenvalue weighted by molar-refractivity contribution is 0.102. The fourth-order valence-electron chi connectivity index (χ4n) is 2.49. The molecule has 3 rings (SSSR count). The molecule has 0 aliphatic carbocycles. The fraction of sp³-hybridized carbons (Fsp3) is 0.294. The summed E-state index contributed by atoms with van der Waals surface area (Å²) in [6.45, 7) is 6.11. The molecule has 0 aliphatic heterocycles. The topological polar surface area (TPSA) is 99.4 Å². The van der Waals surface area contributed by atoms with Gasteiger partial charge in [-0.2, -0.15) is 10.2 Å². The number of aromatic amines is 2. The molecule has 3 N–H and O–H groups in total. The number of nitrogens with one attached hydrogen (secondary N) is 3. The van der Waals surface area contributed by atoms with Crippen LogP contribution in [0.15, 0.2) is 30.6 Å². The van der Waals surface area contributed by atoms with Crippen molar-refractivity contribution in [2.75, 3.05) is 5.32 Å². The Balaban J connectivity index is 1.85. The van der Waals surface area contributed by atoms with Crippen LogP contribution in [0, 0.1) is 0 Å². The lowest BCUT2D eigenvalue weighted by Gasteiger charge is -2.04. The number of nitrogens with zero attached hydrogens (tertiary/aromatic N) is 3. The third-order valence-electron chi connectivity index (χ3n) is 3.87. The Hall–Kier alpha value is -2.96. The number of amides is 1. The van der Waals surface area contributed by atoms with Gasteiger partial charge in [0.15, 0.2) is 11.5 Å². The van der Waals surface area contributed by atoms with E-state index in [4.69, 9.17) is 0 Å². The summed E-state index contributed by atoms with van der Waals surface area (Å²) in [5.74, 6) is 0.540. The highest BCUT2D eigenvalue weighted by atomic mass is 16.2. The van der Waals surface area contributed by atoms with E-state index in [9.17, 15) is 4.79 Å². The summed E-state index contributed by atoms with van der Waals surface area (Å²) in [7, 11) is 0. The highest BCUT2D eigenvalue weighted by Crippen LogP contribution is 2.27. The number of H-pyrrole nitrogens is 2. The molecule has 3 heterocycles. The standard InChI is InChI=1S/C17H20N6O/c1-4-12-15(11-5-7-18-8-6-11)22-23-16(12)19-17(24)14-9-13(10(2)3)20-21-14/h5-10H,4H2,1-3H3,(H,20,21)(H2,19,22,23,24). The first-order valence-corrected chi connectivity index (χ1v) is 7.94. The molecule has 0 spiro atoms. The van der Waals surface area contributed by atoms with E-state index in [2.05, 4.69) is 30.7 Å². The van der Waals surface area contributed by atoms with Crippen LogP contribution >= 0.6 is 0 Å². The molecule has 0 saturated carbocycles. The molecule has 0 atom stereocenters. The summed E-state index contributed by atoms with van der Waals surface area (Å²) < 4.78 is 0. The van der Waals surface area contributed by atoms with E-state index in [0.29, 0.717) is 11.5 Å². The Morgan fingerprint density at radius 2 is 1.96 bits per heavy atom. The lowest BCUT2D eigenvalue weighted by Crippen LogP contribution is -2.13. The number of aromatic nitrogens is 5. The van der Waals surface area contributed by atoms with E-state index >= 15 is 0 Å². The van der Waals surface area contributed by atoms with Crippen LogP contribution in [-0.2, 0) is 6.42 Å². The van der Waals surface area contributed by atoms with Crippen molar-refractivity contribution < 1.29 is 4.79 Å². The second-order valence-corrected chi connectivity index (χ2v) is 5.83. The van der Waals surface area contributed by atoms with E-state index in [1.54, 1.807) is 18.5 Å². The fourth-order valence-corrected chi connectivity index (χ4v) is 2.49. The zero-order chi connectivity index (χ0) is 17.1. The molecule has 0 aliphatic rings. The van der Waals surface area contributed by atoms with Gasteiger partial charge in [-0.3, -0.25) is 20.0 Å². The van der Waals surface area contributed by atoms with Gasteiger partial charge in [-0.25, -0.2) is 0 Å². The molecule has 0 aromatic carbocycles. The van der Waals surface area contributed by atoms with Gasteiger partial charge in [-0.05, 0) is 30.5 Å². The Labute approximate surface area is 139 Å². The van der Waals surface area contributed by atoms with E-state index < -0.39 is 0 Å². The van der Waals surface area contributed by atoms with Gasteiger partial charge in [0, 0.05) is 29.2 Å². The smallest absolute Gasteiger partial charge is 0.277 e. The number of hydrogen-bond acceptors (Lipinski definition) is 4. The number of carbonyl (C=O) groups is 1. The van der Waals surface area contributed by atoms with Crippen molar-refractivity contribution in [2.24, 2.45) is 0 Å². The summed E-state index contributed by atoms with van der Waals surface area (Å²) in [6, 6.07) is 5.57. The minimum Gasteiger partial charge on any atom is -0.303 e. The zero-order valence-corrected chi connectivity index (χ0v) is 13.9. The molecule has 0 bridgehead atoms. The monoisotopic (exact) mass is 324 g/mol. The van der Waals surface area contributed by atoms with E-state index in [1.165, 1.54) is 0 Å². The van der Waals surface area contributed by atoms with Gasteiger partial charge < -0.3 is 5.32 Å². The second-order valence-electron chi connectivity index (χ2n) is 5.83. The molecule has 7 heteroatoms. The second kappa shape index (κ2) is 6.66. The highest BCUT2D eigenvalue weighted by Gasteiger charge is 2.18. The van der Waals surface area contributed by atoms with E-state index in [1.807, 2.05) is 32.9 Å². The number of anilines is 1. The van der Waals surface area contributed by atoms with Gasteiger partial charge in [0.2, 0.25) is 0 Å². The molecule has 124 valence electrons. The lowest BCUT2D eigenvalue weighted by atomic mass is 10.1. The molecule has 7 nitrogen and oxygen atoms in total. The van der Waals surface area contributed by atoms with Gasteiger partial charge in [-0.1, -0.05) is 20.8 Å². The maximum atomic E-state index is 12.4. The van der Waals surface area contributed by atoms with Crippen LogP contribution in [-0.4, -0.2) is 31.3 Å². The average molecular weight is 324 g/mol. The normalized spacial score (nSPS) is 11.0. The number of rotatable bonds is 5. The third kappa shape index (κ3) is 3.05. The molecule has 3 aromatic heterocycles. The SMILES string of the molecule is CCc1c(NC(=O)c2cc(C(C)C)[nH]n2)n[nH]c1-c1ccncc1.